The summed E-state index contributed by atoms with van der Waals surface area (Å²) in [6.07, 6.45) is -0.659. The van der Waals surface area contributed by atoms with E-state index in [1.165, 1.54) is 6.92 Å². The smallest absolute Gasteiger partial charge is 0.267 e. The molecular weight excluding hydrogens is 398 g/mol. The Morgan fingerprint density at radius 3 is 2.39 bits per heavy atom. The summed E-state index contributed by atoms with van der Waals surface area (Å²) in [7, 11) is 0. The van der Waals surface area contributed by atoms with Crippen molar-refractivity contribution in [3.63, 3.8) is 0 Å². The minimum absolute atomic E-state index is 0.0976. The molecule has 0 aromatic heterocycles. The second-order valence-electron chi connectivity index (χ2n) is 7.62. The fourth-order valence-electron chi connectivity index (χ4n) is 3.76. The lowest BCUT2D eigenvalue weighted by Gasteiger charge is -2.36. The van der Waals surface area contributed by atoms with Gasteiger partial charge in [-0.1, -0.05) is 24.3 Å². The van der Waals surface area contributed by atoms with Crippen molar-refractivity contribution in [1.29, 1.82) is 0 Å². The van der Waals surface area contributed by atoms with Gasteiger partial charge in [0.2, 0.25) is 12.0 Å². The predicted molar refractivity (Wildman–Crippen MR) is 114 cm³/mol. The van der Waals surface area contributed by atoms with Crippen LogP contribution in [0.25, 0.3) is 0 Å². The average molecular weight is 423 g/mol. The van der Waals surface area contributed by atoms with Gasteiger partial charge in [0, 0.05) is 31.7 Å². The lowest BCUT2D eigenvalue weighted by molar-refractivity contribution is -0.143. The van der Waals surface area contributed by atoms with Crippen LogP contribution < -0.4 is 14.8 Å². The van der Waals surface area contributed by atoms with Gasteiger partial charge in [-0.2, -0.15) is 0 Å². The molecule has 1 N–H and O–H groups in total. The normalized spacial score (nSPS) is 18.4. The van der Waals surface area contributed by atoms with E-state index in [9.17, 15) is 14.4 Å². The summed E-state index contributed by atoms with van der Waals surface area (Å²) in [6, 6.07) is 14.3. The molecule has 31 heavy (non-hydrogen) atoms. The Kier molecular flexibility index (Phi) is 6.18. The Morgan fingerprint density at radius 2 is 1.65 bits per heavy atom. The third-order valence-corrected chi connectivity index (χ3v) is 5.42. The van der Waals surface area contributed by atoms with E-state index in [0.29, 0.717) is 48.9 Å². The second kappa shape index (κ2) is 9.18. The van der Waals surface area contributed by atoms with Crippen LogP contribution in [0, 0.1) is 0 Å². The molecule has 2 aliphatic heterocycles. The molecule has 0 unspecified atom stereocenters. The van der Waals surface area contributed by atoms with Crippen molar-refractivity contribution in [2.75, 3.05) is 44.6 Å². The molecule has 1 saturated heterocycles. The largest absolute Gasteiger partial charge is 0.485 e. The summed E-state index contributed by atoms with van der Waals surface area (Å²) in [6.45, 7) is 4.05. The summed E-state index contributed by atoms with van der Waals surface area (Å²) < 4.78 is 11.5. The number of amides is 2. The molecule has 0 aliphatic carbocycles. The fraction of sp³-hybridized carbons (Fsp3) is 0.348. The lowest BCUT2D eigenvalue weighted by Crippen LogP contribution is -2.54. The zero-order chi connectivity index (χ0) is 21.8. The van der Waals surface area contributed by atoms with Crippen molar-refractivity contribution in [3.8, 4) is 11.5 Å². The summed E-state index contributed by atoms with van der Waals surface area (Å²) >= 11 is 0. The van der Waals surface area contributed by atoms with Crippen LogP contribution in [0.15, 0.2) is 48.5 Å². The van der Waals surface area contributed by atoms with Gasteiger partial charge in [-0.15, -0.1) is 0 Å². The van der Waals surface area contributed by atoms with Gasteiger partial charge in [0.1, 0.15) is 6.61 Å². The summed E-state index contributed by atoms with van der Waals surface area (Å²) in [4.78, 5) is 40.7. The molecule has 1 atom stereocenters. The Labute approximate surface area is 180 Å². The van der Waals surface area contributed by atoms with Crippen LogP contribution in [-0.4, -0.2) is 72.8 Å². The molecule has 2 aliphatic rings. The van der Waals surface area contributed by atoms with Gasteiger partial charge in [-0.25, -0.2) is 0 Å². The number of piperazine rings is 1. The minimum Gasteiger partial charge on any atom is -0.485 e. The number of ether oxygens (including phenoxy) is 2. The molecule has 8 nitrogen and oxygen atoms in total. The molecule has 0 bridgehead atoms. The number of ketones is 1. The molecule has 2 amide bonds. The molecule has 2 aromatic carbocycles. The summed E-state index contributed by atoms with van der Waals surface area (Å²) in [5.74, 6) is 0.838. The van der Waals surface area contributed by atoms with Gasteiger partial charge < -0.3 is 19.7 Å². The molecule has 8 heteroatoms. The highest BCUT2D eigenvalue weighted by molar-refractivity contribution is 6.04. The fourth-order valence-corrected chi connectivity index (χ4v) is 3.76. The first-order chi connectivity index (χ1) is 15.0. The number of anilines is 1. The van der Waals surface area contributed by atoms with Crippen LogP contribution in [0.2, 0.25) is 0 Å². The number of hydrogen-bond acceptors (Lipinski definition) is 6. The Morgan fingerprint density at radius 1 is 0.968 bits per heavy atom. The first kappa shape index (κ1) is 20.9. The molecular formula is C23H25N3O5. The molecule has 0 saturated carbocycles. The van der Waals surface area contributed by atoms with E-state index >= 15 is 0 Å². The van der Waals surface area contributed by atoms with Crippen molar-refractivity contribution in [2.45, 2.75) is 13.0 Å². The van der Waals surface area contributed by atoms with Gasteiger partial charge in [0.15, 0.2) is 17.3 Å². The van der Waals surface area contributed by atoms with Crippen molar-refractivity contribution in [2.24, 2.45) is 0 Å². The van der Waals surface area contributed by atoms with Crippen LogP contribution >= 0.6 is 0 Å². The molecule has 0 radical (unpaired) electrons. The number of fused-ring (bicyclic) bond motifs is 1. The molecule has 2 heterocycles. The number of Topliss-reactive ketones (excluding diaryl/α,β-unsaturated/α-hetero) is 1. The van der Waals surface area contributed by atoms with Crippen LogP contribution in [0.3, 0.4) is 0 Å². The van der Waals surface area contributed by atoms with Crippen LogP contribution in [0.4, 0.5) is 5.69 Å². The van der Waals surface area contributed by atoms with E-state index in [1.807, 2.05) is 23.1 Å². The summed E-state index contributed by atoms with van der Waals surface area (Å²) in [5.41, 5.74) is 1.01. The molecule has 4 rings (SSSR count). The highest BCUT2D eigenvalue weighted by Gasteiger charge is 2.32. The van der Waals surface area contributed by atoms with Crippen molar-refractivity contribution in [1.82, 2.24) is 9.80 Å². The van der Waals surface area contributed by atoms with Crippen LogP contribution in [-0.2, 0) is 9.59 Å². The van der Waals surface area contributed by atoms with E-state index < -0.39 is 6.10 Å². The van der Waals surface area contributed by atoms with E-state index in [1.54, 1.807) is 35.2 Å². The SMILES string of the molecule is CC(=O)c1ccccc1NC(=O)CN1CCN(C(=O)[C@@H]2COc3ccccc3O2)CC1. The number of hydrogen-bond donors (Lipinski definition) is 1. The number of benzene rings is 2. The number of carbonyl (C=O) groups excluding carboxylic acids is 3. The first-order valence-corrected chi connectivity index (χ1v) is 10.3. The number of rotatable bonds is 5. The Hall–Kier alpha value is -3.39. The van der Waals surface area contributed by atoms with Crippen LogP contribution in [0.5, 0.6) is 11.5 Å². The standard InChI is InChI=1S/C23H25N3O5/c1-16(27)17-6-2-3-7-18(17)24-22(28)14-25-10-12-26(13-11-25)23(29)21-15-30-19-8-4-5-9-20(19)31-21/h2-9,21H,10-15H2,1H3,(H,24,28)/t21-/m0/s1. The van der Waals surface area contributed by atoms with Gasteiger partial charge in [0.25, 0.3) is 5.91 Å². The van der Waals surface area contributed by atoms with E-state index in [4.69, 9.17) is 9.47 Å². The maximum Gasteiger partial charge on any atom is 0.267 e. The third kappa shape index (κ3) is 4.86. The monoisotopic (exact) mass is 423 g/mol. The summed E-state index contributed by atoms with van der Waals surface area (Å²) in [5, 5.41) is 2.82. The molecule has 1 fully saturated rings. The van der Waals surface area contributed by atoms with E-state index in [-0.39, 0.29) is 30.7 Å². The van der Waals surface area contributed by atoms with Crippen molar-refractivity contribution >= 4 is 23.3 Å². The Balaban J connectivity index is 1.27. The van der Waals surface area contributed by atoms with Gasteiger partial charge in [-0.3, -0.25) is 19.3 Å². The number of carbonyl (C=O) groups is 3. The van der Waals surface area contributed by atoms with Gasteiger partial charge in [-0.05, 0) is 31.2 Å². The van der Waals surface area contributed by atoms with E-state index in [2.05, 4.69) is 5.32 Å². The molecule has 0 spiro atoms. The topological polar surface area (TPSA) is 88.2 Å². The highest BCUT2D eigenvalue weighted by atomic mass is 16.6. The van der Waals surface area contributed by atoms with Crippen molar-refractivity contribution in [3.05, 3.63) is 54.1 Å². The highest BCUT2D eigenvalue weighted by Crippen LogP contribution is 2.31. The molecule has 2 aromatic rings. The first-order valence-electron chi connectivity index (χ1n) is 10.3. The third-order valence-electron chi connectivity index (χ3n) is 5.42. The zero-order valence-electron chi connectivity index (χ0n) is 17.4. The Bertz CT molecular complexity index is 985. The average Bonchev–Trinajstić information content (AvgIpc) is 2.79. The maximum atomic E-state index is 12.8. The van der Waals surface area contributed by atoms with Gasteiger partial charge in [0.05, 0.1) is 12.2 Å². The zero-order valence-corrected chi connectivity index (χ0v) is 17.4. The van der Waals surface area contributed by atoms with Gasteiger partial charge >= 0.3 is 0 Å². The predicted octanol–water partition coefficient (Wildman–Crippen LogP) is 1.81. The van der Waals surface area contributed by atoms with Crippen molar-refractivity contribution < 1.29 is 23.9 Å². The van der Waals surface area contributed by atoms with Crippen LogP contribution in [0.1, 0.15) is 17.3 Å². The second-order valence-corrected chi connectivity index (χ2v) is 7.62. The van der Waals surface area contributed by atoms with E-state index in [0.717, 1.165) is 0 Å². The number of para-hydroxylation sites is 3. The number of nitrogens with zero attached hydrogens (tertiary/aromatic N) is 2. The number of nitrogens with one attached hydrogen (secondary N) is 1. The maximum absolute atomic E-state index is 12.8. The quantitative estimate of drug-likeness (QED) is 0.738. The molecule has 162 valence electrons. The minimum atomic E-state index is -0.659. The lowest BCUT2D eigenvalue weighted by atomic mass is 10.1.